The maximum atomic E-state index is 13.9. The van der Waals surface area contributed by atoms with Gasteiger partial charge in [0.2, 0.25) is 0 Å². The van der Waals surface area contributed by atoms with Crippen molar-refractivity contribution >= 4 is 27.9 Å². The number of hydrogen-bond donors (Lipinski definition) is 0. The molecule has 0 unspecified atom stereocenters. The summed E-state index contributed by atoms with van der Waals surface area (Å²) in [5.74, 6) is 2.22. The van der Waals surface area contributed by atoms with Crippen LogP contribution in [0, 0.1) is 6.92 Å². The van der Waals surface area contributed by atoms with E-state index in [0.717, 1.165) is 38.8 Å². The number of benzene rings is 4. The van der Waals surface area contributed by atoms with Gasteiger partial charge in [-0.05, 0) is 78.9 Å². The zero-order valence-electron chi connectivity index (χ0n) is 23.2. The van der Waals surface area contributed by atoms with Crippen molar-refractivity contribution in [1.82, 2.24) is 9.66 Å². The lowest BCUT2D eigenvalue weighted by atomic mass is 9.96. The zero-order valence-corrected chi connectivity index (χ0v) is 23.2. The molecular formula is C33H33N3O3. The summed E-state index contributed by atoms with van der Waals surface area (Å²) >= 11 is 0. The quantitative estimate of drug-likeness (QED) is 0.211. The number of hydrogen-bond acceptors (Lipinski definition) is 5. The summed E-state index contributed by atoms with van der Waals surface area (Å²) in [6.45, 7) is 10.2. The van der Waals surface area contributed by atoms with Gasteiger partial charge in [0.05, 0.1) is 30.3 Å². The highest BCUT2D eigenvalue weighted by Gasteiger charge is 2.19. The molecule has 0 amide bonds. The Morgan fingerprint density at radius 1 is 0.897 bits per heavy atom. The molecule has 0 bridgehead atoms. The Bertz CT molecular complexity index is 1770. The lowest BCUT2D eigenvalue weighted by Crippen LogP contribution is -2.21. The van der Waals surface area contributed by atoms with Gasteiger partial charge in [0, 0.05) is 11.1 Å². The highest BCUT2D eigenvalue weighted by molar-refractivity contribution is 6.02. The fraction of sp³-hybridized carbons (Fsp3) is 0.242. The molecule has 6 nitrogen and oxygen atoms in total. The van der Waals surface area contributed by atoms with Crippen molar-refractivity contribution in [3.8, 4) is 22.9 Å². The van der Waals surface area contributed by atoms with E-state index in [1.807, 2.05) is 75.4 Å². The number of ether oxygens (including phenoxy) is 2. The fourth-order valence-corrected chi connectivity index (χ4v) is 4.85. The Hall–Kier alpha value is -4.45. The first kappa shape index (κ1) is 26.2. The first-order chi connectivity index (χ1) is 18.8. The van der Waals surface area contributed by atoms with Gasteiger partial charge in [-0.25, -0.2) is 4.98 Å². The molecule has 5 rings (SSSR count). The largest absolute Gasteiger partial charge is 0.496 e. The van der Waals surface area contributed by atoms with Crippen molar-refractivity contribution in [1.29, 1.82) is 0 Å². The van der Waals surface area contributed by atoms with E-state index in [1.54, 1.807) is 19.4 Å². The summed E-state index contributed by atoms with van der Waals surface area (Å²) in [5.41, 5.74) is 4.01. The third-order valence-electron chi connectivity index (χ3n) is 6.79. The predicted octanol–water partition coefficient (Wildman–Crippen LogP) is 7.33. The molecule has 1 aromatic heterocycles. The van der Waals surface area contributed by atoms with E-state index >= 15 is 0 Å². The van der Waals surface area contributed by atoms with E-state index in [9.17, 15) is 4.79 Å². The van der Waals surface area contributed by atoms with E-state index in [4.69, 9.17) is 19.6 Å². The van der Waals surface area contributed by atoms with Crippen LogP contribution in [0.4, 0.5) is 0 Å². The smallest absolute Gasteiger partial charge is 0.282 e. The normalized spacial score (nSPS) is 11.8. The first-order valence-electron chi connectivity index (χ1n) is 13.2. The number of methoxy groups -OCH3 is 1. The third kappa shape index (κ3) is 5.02. The molecule has 198 valence electrons. The van der Waals surface area contributed by atoms with Gasteiger partial charge in [0.15, 0.2) is 5.82 Å². The number of nitrogens with zero attached hydrogens (tertiary/aromatic N) is 3. The molecule has 0 saturated carbocycles. The van der Waals surface area contributed by atoms with Crippen molar-refractivity contribution in [3.63, 3.8) is 0 Å². The van der Waals surface area contributed by atoms with Crippen molar-refractivity contribution in [2.24, 2.45) is 5.10 Å². The first-order valence-corrected chi connectivity index (χ1v) is 13.2. The minimum atomic E-state index is -0.236. The zero-order chi connectivity index (χ0) is 27.7. The molecule has 0 aliphatic rings. The van der Waals surface area contributed by atoms with Crippen molar-refractivity contribution in [3.05, 3.63) is 99.8 Å². The summed E-state index contributed by atoms with van der Waals surface area (Å²) in [7, 11) is 1.68. The van der Waals surface area contributed by atoms with Crippen LogP contribution in [0.25, 0.3) is 33.1 Å². The summed E-state index contributed by atoms with van der Waals surface area (Å²) < 4.78 is 13.2. The van der Waals surface area contributed by atoms with Crippen molar-refractivity contribution in [2.45, 2.75) is 46.6 Å². The van der Waals surface area contributed by atoms with Crippen LogP contribution in [0.1, 0.15) is 50.3 Å². The number of fused-ring (bicyclic) bond motifs is 2. The van der Waals surface area contributed by atoms with Gasteiger partial charge in [-0.15, -0.1) is 0 Å². The average molecular weight is 520 g/mol. The molecule has 0 radical (unpaired) electrons. The molecule has 4 aromatic carbocycles. The molecule has 0 spiro atoms. The fourth-order valence-electron chi connectivity index (χ4n) is 4.85. The Balaban J connectivity index is 1.79. The average Bonchev–Trinajstić information content (AvgIpc) is 2.92. The number of rotatable bonds is 7. The van der Waals surface area contributed by atoms with Crippen LogP contribution in [0.15, 0.2) is 82.7 Å². The second-order valence-corrected chi connectivity index (χ2v) is 10.2. The molecule has 0 N–H and O–H groups in total. The summed E-state index contributed by atoms with van der Waals surface area (Å²) in [6, 6.07) is 23.5. The van der Waals surface area contributed by atoms with Crippen LogP contribution < -0.4 is 15.0 Å². The van der Waals surface area contributed by atoms with Gasteiger partial charge >= 0.3 is 0 Å². The summed E-state index contributed by atoms with van der Waals surface area (Å²) in [6.07, 6.45) is 1.69. The molecule has 0 aliphatic heterocycles. The maximum Gasteiger partial charge on any atom is 0.282 e. The third-order valence-corrected chi connectivity index (χ3v) is 6.79. The highest BCUT2D eigenvalue weighted by atomic mass is 16.5. The predicted molar refractivity (Wildman–Crippen MR) is 160 cm³/mol. The van der Waals surface area contributed by atoms with Crippen LogP contribution in [0.5, 0.6) is 11.5 Å². The number of aryl methyl sites for hydroxylation is 1. The van der Waals surface area contributed by atoms with Crippen molar-refractivity contribution < 1.29 is 9.47 Å². The lowest BCUT2D eigenvalue weighted by molar-refractivity contribution is 0.242. The van der Waals surface area contributed by atoms with Gasteiger partial charge < -0.3 is 9.47 Å². The topological polar surface area (TPSA) is 65.7 Å². The molecule has 6 heteroatoms. The molecule has 0 saturated heterocycles. The van der Waals surface area contributed by atoms with Crippen LogP contribution in [0.3, 0.4) is 0 Å². The van der Waals surface area contributed by atoms with E-state index in [1.165, 1.54) is 4.68 Å². The van der Waals surface area contributed by atoms with E-state index in [-0.39, 0.29) is 17.6 Å². The number of aromatic nitrogens is 2. The van der Waals surface area contributed by atoms with Gasteiger partial charge in [-0.3, -0.25) is 4.79 Å². The molecular weight excluding hydrogens is 486 g/mol. The van der Waals surface area contributed by atoms with Crippen LogP contribution >= 0.6 is 0 Å². The molecule has 39 heavy (non-hydrogen) atoms. The molecule has 5 aromatic rings. The summed E-state index contributed by atoms with van der Waals surface area (Å²) in [4.78, 5) is 18.8. The minimum Gasteiger partial charge on any atom is -0.496 e. The SMILES string of the molecule is COc1cc(C)c(-c2nc3ccccc3c(=O)n2N=Cc2c(OC(C)C)ccc3ccccc23)cc1C(C)C. The molecule has 0 atom stereocenters. The Kier molecular flexibility index (Phi) is 7.20. The van der Waals surface area contributed by atoms with Crippen LogP contribution in [-0.2, 0) is 0 Å². The van der Waals surface area contributed by atoms with Gasteiger partial charge in [-0.2, -0.15) is 9.78 Å². The maximum absolute atomic E-state index is 13.9. The van der Waals surface area contributed by atoms with Gasteiger partial charge in [0.25, 0.3) is 5.56 Å². The van der Waals surface area contributed by atoms with Crippen LogP contribution in [0.2, 0.25) is 0 Å². The van der Waals surface area contributed by atoms with Gasteiger partial charge in [-0.1, -0.05) is 56.3 Å². The Morgan fingerprint density at radius 3 is 2.33 bits per heavy atom. The second kappa shape index (κ2) is 10.7. The minimum absolute atomic E-state index is 0.0182. The standard InChI is InChI=1S/C33H33N3O3/c1-20(2)26-18-27(22(5)17-31(26)38-6)32-35-29-14-10-9-13-25(29)33(37)36(32)34-19-28-24-12-8-7-11-23(24)15-16-30(28)39-21(3)4/h7-21H,1-6H3. The van der Waals surface area contributed by atoms with Gasteiger partial charge in [0.1, 0.15) is 11.5 Å². The molecule has 0 aliphatic carbocycles. The van der Waals surface area contributed by atoms with Crippen molar-refractivity contribution in [2.75, 3.05) is 7.11 Å². The Morgan fingerprint density at radius 2 is 1.62 bits per heavy atom. The van der Waals surface area contributed by atoms with E-state index in [2.05, 4.69) is 26.0 Å². The Labute approximate surface area is 228 Å². The number of para-hydroxylation sites is 1. The molecule has 1 heterocycles. The van der Waals surface area contributed by atoms with E-state index in [0.29, 0.717) is 22.5 Å². The highest BCUT2D eigenvalue weighted by Crippen LogP contribution is 2.34. The lowest BCUT2D eigenvalue weighted by Gasteiger charge is -2.18. The monoisotopic (exact) mass is 519 g/mol. The second-order valence-electron chi connectivity index (χ2n) is 10.2. The molecule has 0 fully saturated rings. The van der Waals surface area contributed by atoms with Crippen LogP contribution in [-0.4, -0.2) is 29.1 Å². The van der Waals surface area contributed by atoms with E-state index < -0.39 is 0 Å². The summed E-state index contributed by atoms with van der Waals surface area (Å²) in [5, 5.41) is 7.34.